The molecule has 0 aromatic heterocycles. The number of benzene rings is 1. The average molecular weight is 436 g/mol. The van der Waals surface area contributed by atoms with Crippen LogP contribution in [0.25, 0.3) is 0 Å². The Bertz CT molecular complexity index is 753. The molecule has 0 bridgehead atoms. The monoisotopic (exact) mass is 435 g/mol. The zero-order valence-corrected chi connectivity index (χ0v) is 20.1. The minimum atomic E-state index is -0.704. The van der Waals surface area contributed by atoms with Crippen molar-refractivity contribution >= 4 is 0 Å². The van der Waals surface area contributed by atoms with Crippen LogP contribution in [0.2, 0.25) is 0 Å². The lowest BCUT2D eigenvalue weighted by Crippen LogP contribution is -2.14. The second-order valence-electron chi connectivity index (χ2n) is 10.3. The molecule has 0 aliphatic heterocycles. The van der Waals surface area contributed by atoms with Gasteiger partial charge in [-0.1, -0.05) is 75.4 Å². The molecule has 0 N–H and O–H groups in total. The molecule has 1 aromatic rings. The quantitative estimate of drug-likeness (QED) is 0.204. The predicted molar refractivity (Wildman–Crippen MR) is 133 cm³/mol. The van der Waals surface area contributed by atoms with E-state index < -0.39 is 5.83 Å². The highest BCUT2D eigenvalue weighted by molar-refractivity contribution is 5.26. The van der Waals surface area contributed by atoms with Crippen LogP contribution < -0.4 is 0 Å². The number of rotatable bonds is 10. The van der Waals surface area contributed by atoms with E-state index in [1.165, 1.54) is 108 Å². The fourth-order valence-corrected chi connectivity index (χ4v) is 5.90. The third-order valence-corrected chi connectivity index (χ3v) is 7.94. The van der Waals surface area contributed by atoms with Crippen LogP contribution in [0.15, 0.2) is 48.3 Å². The van der Waals surface area contributed by atoms with E-state index in [4.69, 9.17) is 5.26 Å². The fourth-order valence-electron chi connectivity index (χ4n) is 5.90. The van der Waals surface area contributed by atoms with Crippen LogP contribution in [0.4, 0.5) is 4.39 Å². The molecular formula is C30H42FN. The molecule has 0 heterocycles. The molecule has 2 aliphatic rings. The second-order valence-corrected chi connectivity index (χ2v) is 10.3. The molecule has 2 fully saturated rings. The van der Waals surface area contributed by atoms with Gasteiger partial charge in [0.15, 0.2) is 5.83 Å². The predicted octanol–water partition coefficient (Wildman–Crippen LogP) is 9.21. The van der Waals surface area contributed by atoms with E-state index in [9.17, 15) is 4.39 Å². The van der Waals surface area contributed by atoms with Crippen molar-refractivity contribution in [2.24, 2.45) is 17.8 Å². The first-order valence-electron chi connectivity index (χ1n) is 13.2. The Morgan fingerprint density at radius 1 is 0.938 bits per heavy atom. The first kappa shape index (κ1) is 24.8. The molecule has 0 radical (unpaired) electrons. The summed E-state index contributed by atoms with van der Waals surface area (Å²) < 4.78 is 12.8. The molecule has 0 saturated heterocycles. The lowest BCUT2D eigenvalue weighted by atomic mass is 9.76. The highest BCUT2D eigenvalue weighted by Gasteiger charge is 2.23. The van der Waals surface area contributed by atoms with E-state index in [-0.39, 0.29) is 0 Å². The van der Waals surface area contributed by atoms with Gasteiger partial charge in [0.05, 0.1) is 0 Å². The summed E-state index contributed by atoms with van der Waals surface area (Å²) in [7, 11) is 0. The molecule has 2 aliphatic carbocycles. The van der Waals surface area contributed by atoms with Gasteiger partial charge in [-0.05, 0) is 98.7 Å². The summed E-state index contributed by atoms with van der Waals surface area (Å²) in [4.78, 5) is 0. The Morgan fingerprint density at radius 3 is 2.09 bits per heavy atom. The van der Waals surface area contributed by atoms with Gasteiger partial charge in [0, 0.05) is 0 Å². The third-order valence-electron chi connectivity index (χ3n) is 7.94. The van der Waals surface area contributed by atoms with Crippen LogP contribution in [-0.4, -0.2) is 0 Å². The first-order chi connectivity index (χ1) is 15.7. The van der Waals surface area contributed by atoms with Crippen LogP contribution in [-0.2, 0) is 6.42 Å². The lowest BCUT2D eigenvalue weighted by Gasteiger charge is -2.29. The van der Waals surface area contributed by atoms with Crippen molar-refractivity contribution in [3.05, 3.63) is 59.4 Å². The summed E-state index contributed by atoms with van der Waals surface area (Å²) in [6.45, 7) is 2.25. The molecule has 2 saturated carbocycles. The van der Waals surface area contributed by atoms with Crippen molar-refractivity contribution in [1.82, 2.24) is 0 Å². The summed E-state index contributed by atoms with van der Waals surface area (Å²) in [6.07, 6.45) is 23.8. The number of unbranched alkanes of at least 4 members (excludes halogenated alkanes) is 1. The lowest BCUT2D eigenvalue weighted by molar-refractivity contribution is 0.273. The van der Waals surface area contributed by atoms with Crippen molar-refractivity contribution in [3.63, 3.8) is 0 Å². The van der Waals surface area contributed by atoms with E-state index in [1.54, 1.807) is 11.6 Å². The maximum absolute atomic E-state index is 12.8. The van der Waals surface area contributed by atoms with E-state index in [0.717, 1.165) is 17.8 Å². The Labute approximate surface area is 195 Å². The third kappa shape index (κ3) is 8.23. The molecule has 0 unspecified atom stereocenters. The van der Waals surface area contributed by atoms with Gasteiger partial charge in [-0.2, -0.15) is 9.65 Å². The van der Waals surface area contributed by atoms with Gasteiger partial charge in [-0.25, -0.2) is 0 Å². The molecule has 0 spiro atoms. The van der Waals surface area contributed by atoms with Gasteiger partial charge < -0.3 is 0 Å². The highest BCUT2D eigenvalue weighted by Crippen LogP contribution is 2.38. The largest absolute Gasteiger partial charge is 0.199 e. The SMILES string of the molecule is CCCc1ccc([C@H]2CC[C@H](CCCC[C@H]3CC[C@H](C=CC=C(F)C#N)CC3)CC2)cc1. The van der Waals surface area contributed by atoms with E-state index in [0.29, 0.717) is 5.92 Å². The molecule has 1 nitrogen and oxygen atoms in total. The van der Waals surface area contributed by atoms with Crippen molar-refractivity contribution < 1.29 is 4.39 Å². The van der Waals surface area contributed by atoms with Crippen LogP contribution in [0, 0.1) is 29.1 Å². The highest BCUT2D eigenvalue weighted by atomic mass is 19.1. The number of allylic oxidation sites excluding steroid dienone is 4. The Hall–Kier alpha value is -1.88. The van der Waals surface area contributed by atoms with Crippen LogP contribution in [0.5, 0.6) is 0 Å². The minimum absolute atomic E-state index is 0.562. The van der Waals surface area contributed by atoms with Gasteiger partial charge in [-0.3, -0.25) is 0 Å². The maximum Gasteiger partial charge on any atom is 0.199 e. The molecule has 0 amide bonds. The van der Waals surface area contributed by atoms with Crippen molar-refractivity contribution in [2.75, 3.05) is 0 Å². The van der Waals surface area contributed by atoms with Crippen LogP contribution in [0.1, 0.15) is 107 Å². The summed E-state index contributed by atoms with van der Waals surface area (Å²) >= 11 is 0. The van der Waals surface area contributed by atoms with E-state index in [1.807, 2.05) is 0 Å². The average Bonchev–Trinajstić information content (AvgIpc) is 2.84. The zero-order chi connectivity index (χ0) is 22.6. The number of hydrogen-bond donors (Lipinski definition) is 0. The maximum atomic E-state index is 12.8. The first-order valence-corrected chi connectivity index (χ1v) is 13.2. The second kappa shape index (κ2) is 13.6. The number of halogens is 1. The number of aryl methyl sites for hydroxylation is 1. The normalized spacial score (nSPS) is 26.8. The molecule has 2 heteroatoms. The van der Waals surface area contributed by atoms with Crippen LogP contribution in [0.3, 0.4) is 0 Å². The van der Waals surface area contributed by atoms with Crippen molar-refractivity contribution in [2.45, 2.75) is 103 Å². The number of nitrogens with zero attached hydrogens (tertiary/aromatic N) is 1. The molecule has 32 heavy (non-hydrogen) atoms. The van der Waals surface area contributed by atoms with Crippen molar-refractivity contribution in [1.29, 1.82) is 5.26 Å². The number of nitriles is 1. The molecule has 174 valence electrons. The van der Waals surface area contributed by atoms with Gasteiger partial charge in [0.2, 0.25) is 0 Å². The van der Waals surface area contributed by atoms with E-state index in [2.05, 4.69) is 37.3 Å². The van der Waals surface area contributed by atoms with E-state index >= 15 is 0 Å². The minimum Gasteiger partial charge on any atom is -0.195 e. The molecule has 3 rings (SSSR count). The Morgan fingerprint density at radius 2 is 1.53 bits per heavy atom. The van der Waals surface area contributed by atoms with Crippen molar-refractivity contribution in [3.8, 4) is 6.07 Å². The Balaban J connectivity index is 1.25. The standard InChI is InChI=1S/C30H42FN/c1-2-6-24-15-19-28(20-16-24)29-21-17-26(18-22-29)8-4-3-7-25-11-13-27(14-12-25)9-5-10-30(31)23-32/h5,9-10,15-16,19-20,25-27,29H,2-4,6-8,11-14,17-18,21-22H2,1H3/t25-,26-,27-,29-. The Kier molecular flexibility index (Phi) is 10.5. The topological polar surface area (TPSA) is 23.8 Å². The van der Waals surface area contributed by atoms with Gasteiger partial charge >= 0.3 is 0 Å². The summed E-state index contributed by atoms with van der Waals surface area (Å²) in [5.74, 6) is 2.49. The molecular weight excluding hydrogens is 393 g/mol. The summed E-state index contributed by atoms with van der Waals surface area (Å²) in [5.41, 5.74) is 3.05. The van der Waals surface area contributed by atoms with Gasteiger partial charge in [0.1, 0.15) is 6.07 Å². The van der Waals surface area contributed by atoms with Gasteiger partial charge in [0.25, 0.3) is 0 Å². The zero-order valence-electron chi connectivity index (χ0n) is 20.1. The fraction of sp³-hybridized carbons (Fsp3) is 0.633. The molecule has 1 aromatic carbocycles. The summed E-state index contributed by atoms with van der Waals surface area (Å²) in [6, 6.07) is 11.0. The smallest absolute Gasteiger partial charge is 0.195 e. The summed E-state index contributed by atoms with van der Waals surface area (Å²) in [5, 5.41) is 8.45. The van der Waals surface area contributed by atoms with Gasteiger partial charge in [-0.15, -0.1) is 0 Å². The van der Waals surface area contributed by atoms with Crippen LogP contribution >= 0.6 is 0 Å². The number of hydrogen-bond acceptors (Lipinski definition) is 1. The molecule has 0 atom stereocenters.